The molecule has 1 unspecified atom stereocenters. The number of hydrogen-bond acceptors (Lipinski definition) is 4. The second-order valence-corrected chi connectivity index (χ2v) is 7.53. The van der Waals surface area contributed by atoms with Gasteiger partial charge in [-0.05, 0) is 52.2 Å². The summed E-state index contributed by atoms with van der Waals surface area (Å²) in [6.45, 7) is 9.01. The average Bonchev–Trinajstić information content (AvgIpc) is 3.18. The van der Waals surface area contributed by atoms with Gasteiger partial charge in [-0.2, -0.15) is 0 Å². The third-order valence-electron chi connectivity index (χ3n) is 4.60. The maximum atomic E-state index is 12.2. The largest absolute Gasteiger partial charge is 0.469 e. The van der Waals surface area contributed by atoms with Crippen LogP contribution in [0.1, 0.15) is 45.8 Å². The highest BCUT2D eigenvalue weighted by atomic mass is 127. The number of nitrogens with zero attached hydrogens (tertiary/aromatic N) is 1. The first-order valence-electron chi connectivity index (χ1n) is 9.95. The first kappa shape index (κ1) is 24.7. The van der Waals surface area contributed by atoms with Crippen LogP contribution >= 0.6 is 24.0 Å². The molecular formula is C20H35IN4O3. The summed E-state index contributed by atoms with van der Waals surface area (Å²) in [5.41, 5.74) is -0.563. The molecule has 1 aliphatic rings. The number of halogens is 1. The summed E-state index contributed by atoms with van der Waals surface area (Å²) >= 11 is 0. The molecule has 0 radical (unpaired) electrons. The Bertz CT molecular complexity index is 584. The number of carbonyl (C=O) groups excluding carboxylic acids is 1. The first-order valence-corrected chi connectivity index (χ1v) is 9.95. The van der Waals surface area contributed by atoms with Gasteiger partial charge in [0.2, 0.25) is 5.91 Å². The second-order valence-electron chi connectivity index (χ2n) is 7.53. The number of rotatable bonds is 9. The summed E-state index contributed by atoms with van der Waals surface area (Å²) in [6.07, 6.45) is 6.07. The van der Waals surface area contributed by atoms with E-state index in [1.807, 2.05) is 32.9 Å². The molecule has 0 saturated carbocycles. The molecule has 28 heavy (non-hydrogen) atoms. The van der Waals surface area contributed by atoms with Crippen molar-refractivity contribution in [1.29, 1.82) is 0 Å². The fourth-order valence-electron chi connectivity index (χ4n) is 2.86. The van der Waals surface area contributed by atoms with Crippen molar-refractivity contribution in [3.05, 3.63) is 24.2 Å². The molecule has 1 aromatic heterocycles. The van der Waals surface area contributed by atoms with Crippen LogP contribution in [0.15, 0.2) is 27.8 Å². The minimum Gasteiger partial charge on any atom is -0.469 e. The number of aliphatic imine (C=N–C) groups is 1. The Hall–Kier alpha value is -1.29. The van der Waals surface area contributed by atoms with E-state index in [0.29, 0.717) is 32.1 Å². The van der Waals surface area contributed by atoms with Crippen molar-refractivity contribution < 1.29 is 13.9 Å². The van der Waals surface area contributed by atoms with E-state index in [2.05, 4.69) is 20.9 Å². The molecule has 8 heteroatoms. The van der Waals surface area contributed by atoms with Crippen molar-refractivity contribution in [3.63, 3.8) is 0 Å². The number of amides is 1. The highest BCUT2D eigenvalue weighted by Gasteiger charge is 2.27. The minimum absolute atomic E-state index is 0. The fourth-order valence-corrected chi connectivity index (χ4v) is 2.86. The van der Waals surface area contributed by atoms with Crippen LogP contribution in [0.2, 0.25) is 0 Å². The van der Waals surface area contributed by atoms with Crippen LogP contribution in [-0.2, 0) is 16.0 Å². The van der Waals surface area contributed by atoms with Gasteiger partial charge < -0.3 is 25.1 Å². The number of ether oxygens (including phenoxy) is 1. The molecule has 0 spiro atoms. The van der Waals surface area contributed by atoms with Crippen LogP contribution in [0.25, 0.3) is 0 Å². The van der Waals surface area contributed by atoms with Crippen molar-refractivity contribution in [1.82, 2.24) is 16.0 Å². The van der Waals surface area contributed by atoms with E-state index >= 15 is 0 Å². The van der Waals surface area contributed by atoms with E-state index in [9.17, 15) is 4.79 Å². The molecule has 1 aliphatic heterocycles. The van der Waals surface area contributed by atoms with Crippen LogP contribution in [0.3, 0.4) is 0 Å². The van der Waals surface area contributed by atoms with E-state index in [0.717, 1.165) is 31.6 Å². The summed E-state index contributed by atoms with van der Waals surface area (Å²) in [5.74, 6) is 1.65. The molecule has 1 amide bonds. The summed E-state index contributed by atoms with van der Waals surface area (Å²) in [4.78, 5) is 16.8. The van der Waals surface area contributed by atoms with E-state index in [4.69, 9.17) is 9.15 Å². The molecular weight excluding hydrogens is 471 g/mol. The molecule has 1 fully saturated rings. The Morgan fingerprint density at radius 1 is 1.29 bits per heavy atom. The molecule has 1 aromatic rings. The lowest BCUT2D eigenvalue weighted by atomic mass is 9.92. The number of hydrogen-bond donors (Lipinski definition) is 3. The van der Waals surface area contributed by atoms with E-state index in [1.54, 1.807) is 6.26 Å². The van der Waals surface area contributed by atoms with E-state index in [-0.39, 0.29) is 36.0 Å². The standard InChI is InChI=1S/C20H34N4O3.HI/c1-4-21-18(25)20(2,3)15-24-19(22-11-10-16-9-7-13-26-16)23-14-17-8-5-6-12-27-17;/h7,9,13,17H,4-6,8,10-12,14-15H2,1-3H3,(H,21,25)(H2,22,23,24);1H. The van der Waals surface area contributed by atoms with Gasteiger partial charge in [-0.3, -0.25) is 9.79 Å². The lowest BCUT2D eigenvalue weighted by molar-refractivity contribution is -0.128. The third kappa shape index (κ3) is 8.81. The quantitative estimate of drug-likeness (QED) is 0.273. The molecule has 1 saturated heterocycles. The number of nitrogens with one attached hydrogen (secondary N) is 3. The third-order valence-corrected chi connectivity index (χ3v) is 4.60. The molecule has 2 rings (SSSR count). The minimum atomic E-state index is -0.563. The molecule has 2 heterocycles. The zero-order valence-corrected chi connectivity index (χ0v) is 19.6. The van der Waals surface area contributed by atoms with Gasteiger partial charge >= 0.3 is 0 Å². The Kier molecular flexibility index (Phi) is 11.5. The highest BCUT2D eigenvalue weighted by molar-refractivity contribution is 14.0. The van der Waals surface area contributed by atoms with Gasteiger partial charge in [0.05, 0.1) is 24.3 Å². The van der Waals surface area contributed by atoms with E-state index in [1.165, 1.54) is 6.42 Å². The normalized spacial score (nSPS) is 17.5. The van der Waals surface area contributed by atoms with Gasteiger partial charge in [0.1, 0.15) is 5.76 Å². The predicted octanol–water partition coefficient (Wildman–Crippen LogP) is 2.71. The highest BCUT2D eigenvalue weighted by Crippen LogP contribution is 2.15. The SMILES string of the molecule is CCNC(=O)C(C)(C)CN=C(NCCc1ccco1)NCC1CCCCO1.I. The zero-order chi connectivity index (χ0) is 19.5. The maximum absolute atomic E-state index is 12.2. The second kappa shape index (κ2) is 13.0. The molecule has 0 bridgehead atoms. The number of carbonyl (C=O) groups is 1. The van der Waals surface area contributed by atoms with Gasteiger partial charge in [0.15, 0.2) is 5.96 Å². The van der Waals surface area contributed by atoms with Crippen molar-refractivity contribution in [3.8, 4) is 0 Å². The average molecular weight is 506 g/mol. The lowest BCUT2D eigenvalue weighted by Crippen LogP contribution is -2.44. The smallest absolute Gasteiger partial charge is 0.227 e. The summed E-state index contributed by atoms with van der Waals surface area (Å²) in [5, 5.41) is 9.57. The molecule has 0 aromatic carbocycles. The fraction of sp³-hybridized carbons (Fsp3) is 0.700. The first-order chi connectivity index (χ1) is 13.0. The van der Waals surface area contributed by atoms with Crippen LogP contribution in [0, 0.1) is 5.41 Å². The summed E-state index contributed by atoms with van der Waals surface area (Å²) in [7, 11) is 0. The summed E-state index contributed by atoms with van der Waals surface area (Å²) < 4.78 is 11.2. The molecule has 7 nitrogen and oxygen atoms in total. The maximum Gasteiger partial charge on any atom is 0.227 e. The number of furan rings is 1. The van der Waals surface area contributed by atoms with Crippen molar-refractivity contribution in [2.45, 2.75) is 52.6 Å². The Morgan fingerprint density at radius 3 is 2.75 bits per heavy atom. The van der Waals surface area contributed by atoms with Gasteiger partial charge in [-0.15, -0.1) is 24.0 Å². The molecule has 1 atom stereocenters. The molecule has 3 N–H and O–H groups in total. The molecule has 0 aliphatic carbocycles. The van der Waals surface area contributed by atoms with Crippen molar-refractivity contribution >= 4 is 35.8 Å². The number of guanidine groups is 1. The summed E-state index contributed by atoms with van der Waals surface area (Å²) in [6, 6.07) is 3.85. The van der Waals surface area contributed by atoms with Crippen LogP contribution in [-0.4, -0.2) is 50.8 Å². The van der Waals surface area contributed by atoms with Crippen LogP contribution < -0.4 is 16.0 Å². The van der Waals surface area contributed by atoms with Gasteiger partial charge in [0.25, 0.3) is 0 Å². The van der Waals surface area contributed by atoms with Gasteiger partial charge in [0, 0.05) is 32.7 Å². The van der Waals surface area contributed by atoms with Gasteiger partial charge in [-0.25, -0.2) is 0 Å². The van der Waals surface area contributed by atoms with Gasteiger partial charge in [-0.1, -0.05) is 0 Å². The van der Waals surface area contributed by atoms with Crippen LogP contribution in [0.4, 0.5) is 0 Å². The van der Waals surface area contributed by atoms with Crippen molar-refractivity contribution in [2.24, 2.45) is 10.4 Å². The Balaban J connectivity index is 0.00000392. The lowest BCUT2D eigenvalue weighted by Gasteiger charge is -2.25. The molecule has 160 valence electrons. The Morgan fingerprint density at radius 2 is 2.11 bits per heavy atom. The monoisotopic (exact) mass is 506 g/mol. The topological polar surface area (TPSA) is 87.9 Å². The van der Waals surface area contributed by atoms with Crippen molar-refractivity contribution in [2.75, 3.05) is 32.8 Å². The zero-order valence-electron chi connectivity index (χ0n) is 17.3. The van der Waals surface area contributed by atoms with E-state index < -0.39 is 5.41 Å². The Labute approximate surface area is 185 Å². The van der Waals surface area contributed by atoms with Crippen LogP contribution in [0.5, 0.6) is 0 Å². The predicted molar refractivity (Wildman–Crippen MR) is 122 cm³/mol.